The van der Waals surface area contributed by atoms with E-state index in [9.17, 15) is 19.5 Å². The number of quaternary nitrogens is 1. The molecule has 0 rings (SSSR count). The van der Waals surface area contributed by atoms with Gasteiger partial charge in [0.15, 0.2) is 12.4 Å². The van der Waals surface area contributed by atoms with E-state index in [0.717, 1.165) is 161 Å². The van der Waals surface area contributed by atoms with E-state index in [1.165, 1.54) is 89.9 Å². The van der Waals surface area contributed by atoms with Crippen molar-refractivity contribution in [2.75, 3.05) is 47.5 Å². The Morgan fingerprint density at radius 3 is 0.825 bits per heavy atom. The highest BCUT2D eigenvalue weighted by Crippen LogP contribution is 2.16. The molecule has 2 unspecified atom stereocenters. The Kier molecular flexibility index (Phi) is 71.3. The van der Waals surface area contributed by atoms with Crippen LogP contribution in [0.1, 0.15) is 284 Å². The normalized spacial score (nSPS) is 13.8. The van der Waals surface area contributed by atoms with E-state index >= 15 is 0 Å². The van der Waals surface area contributed by atoms with Crippen molar-refractivity contribution in [3.05, 3.63) is 194 Å². The minimum Gasteiger partial charge on any atom is -0.545 e. The average Bonchev–Trinajstić information content (AvgIpc) is 3.11. The Balaban J connectivity index is 4.15. The molecule has 0 radical (unpaired) electrons. The zero-order valence-electron chi connectivity index (χ0n) is 62.4. The van der Waals surface area contributed by atoms with Crippen molar-refractivity contribution in [2.45, 2.75) is 296 Å². The molecule has 0 saturated heterocycles. The molecule has 0 bridgehead atoms. The quantitative estimate of drug-likeness (QED) is 0.0195. The van der Waals surface area contributed by atoms with Crippen LogP contribution in [-0.2, 0) is 33.3 Å². The largest absolute Gasteiger partial charge is 0.545 e. The van der Waals surface area contributed by atoms with Crippen LogP contribution in [0.15, 0.2) is 194 Å². The van der Waals surface area contributed by atoms with Crippen LogP contribution in [0.5, 0.6) is 0 Å². The summed E-state index contributed by atoms with van der Waals surface area (Å²) in [5.41, 5.74) is 0. The molecule has 0 spiro atoms. The van der Waals surface area contributed by atoms with E-state index < -0.39 is 24.3 Å². The number of carbonyl (C=O) groups is 3. The molecule has 0 aromatic carbocycles. The van der Waals surface area contributed by atoms with Crippen LogP contribution in [0, 0.1) is 0 Å². The molecule has 546 valence electrons. The van der Waals surface area contributed by atoms with Gasteiger partial charge < -0.3 is 33.3 Å². The van der Waals surface area contributed by atoms with Crippen LogP contribution < -0.4 is 5.11 Å². The molecule has 0 fully saturated rings. The number of hydrogen-bond donors (Lipinski definition) is 0. The van der Waals surface area contributed by atoms with Crippen molar-refractivity contribution >= 4 is 17.9 Å². The topological polar surface area (TPSA) is 111 Å². The number of unbranched alkanes of at least 4 members (excludes halogenated alkanes) is 22. The highest BCUT2D eigenvalue weighted by molar-refractivity contribution is 5.70. The minimum atomic E-state index is -1.64. The number of carboxylic acids is 1. The summed E-state index contributed by atoms with van der Waals surface area (Å²) in [6.45, 7) is 4.50. The summed E-state index contributed by atoms with van der Waals surface area (Å²) in [4.78, 5) is 37.6. The van der Waals surface area contributed by atoms with Crippen LogP contribution in [0.25, 0.3) is 0 Å². The second-order valence-corrected chi connectivity index (χ2v) is 26.2. The molecule has 0 N–H and O–H groups in total. The lowest BCUT2D eigenvalue weighted by Gasteiger charge is -2.26. The molecule has 0 saturated carbocycles. The van der Waals surface area contributed by atoms with Gasteiger partial charge in [0, 0.05) is 12.8 Å². The summed E-state index contributed by atoms with van der Waals surface area (Å²) in [7, 11) is 5.92. The van der Waals surface area contributed by atoms with E-state index in [4.69, 9.17) is 18.9 Å². The van der Waals surface area contributed by atoms with Crippen molar-refractivity contribution in [3.8, 4) is 0 Å². The molecule has 0 amide bonds. The summed E-state index contributed by atoms with van der Waals surface area (Å²) in [6.07, 6.45) is 114. The maximum Gasteiger partial charge on any atom is 0.306 e. The standard InChI is InChI=1S/C88H141NO8/c1-6-8-10-12-14-16-18-20-22-24-26-28-30-32-34-36-38-40-42-43-45-47-49-51-53-55-57-59-61-63-65-67-69-71-73-75-77-79-86(91)97-84(83-96-88(87(92)93)94-81-80-89(3,4)5)82-95-85(90)78-76-74-72-70-68-66-64-62-60-58-56-54-52-50-48-46-44-41-39-37-35-33-31-29-27-25-23-21-19-17-15-13-11-9-7-2/h8-11,14-17,20-23,26-29,32-35,38-41,43,45-46,48-49,51-52,54,84,88H,6-7,12-13,18-19,24-25,30-31,36-37,42,44,47,50,53,55-83H2,1-5H3/b10-8-,11-9-,16-14-,17-15-,22-20-,23-21-,28-26-,29-27-,34-32-,35-33-,40-38-,41-39-,45-43-,48-46-,51-49-,54-52-. The summed E-state index contributed by atoms with van der Waals surface area (Å²) in [5, 5.41) is 11.9. The van der Waals surface area contributed by atoms with Crippen LogP contribution in [-0.4, -0.2) is 82.3 Å². The summed E-state index contributed by atoms with van der Waals surface area (Å²) in [5.74, 6) is -2.30. The zero-order chi connectivity index (χ0) is 70.4. The van der Waals surface area contributed by atoms with Gasteiger partial charge in [-0.25, -0.2) is 0 Å². The first-order valence-electron chi connectivity index (χ1n) is 38.6. The molecule has 9 nitrogen and oxygen atoms in total. The van der Waals surface area contributed by atoms with Crippen LogP contribution in [0.2, 0.25) is 0 Å². The van der Waals surface area contributed by atoms with Crippen LogP contribution in [0.4, 0.5) is 0 Å². The van der Waals surface area contributed by atoms with E-state index in [-0.39, 0.29) is 38.6 Å². The van der Waals surface area contributed by atoms with E-state index in [1.807, 2.05) is 21.1 Å². The summed E-state index contributed by atoms with van der Waals surface area (Å²) < 4.78 is 22.8. The van der Waals surface area contributed by atoms with Crippen molar-refractivity contribution in [3.63, 3.8) is 0 Å². The number of carbonyl (C=O) groups excluding carboxylic acids is 3. The molecule has 9 heteroatoms. The Labute approximate surface area is 595 Å². The fourth-order valence-electron chi connectivity index (χ4n) is 10.0. The lowest BCUT2D eigenvalue weighted by Crippen LogP contribution is -2.44. The highest BCUT2D eigenvalue weighted by atomic mass is 16.7. The van der Waals surface area contributed by atoms with Gasteiger partial charge in [-0.15, -0.1) is 0 Å². The number of aliphatic carboxylic acids is 1. The molecular formula is C88H141NO8. The first kappa shape index (κ1) is 91.1. The van der Waals surface area contributed by atoms with Gasteiger partial charge in [-0.1, -0.05) is 324 Å². The van der Waals surface area contributed by atoms with Gasteiger partial charge in [0.2, 0.25) is 0 Å². The third kappa shape index (κ3) is 77.4. The second kappa shape index (κ2) is 75.9. The van der Waals surface area contributed by atoms with Gasteiger partial charge in [0.25, 0.3) is 0 Å². The lowest BCUT2D eigenvalue weighted by molar-refractivity contribution is -0.870. The maximum absolute atomic E-state index is 13.0. The van der Waals surface area contributed by atoms with Crippen LogP contribution in [0.3, 0.4) is 0 Å². The van der Waals surface area contributed by atoms with Crippen molar-refractivity contribution in [1.29, 1.82) is 0 Å². The molecule has 0 aliphatic heterocycles. The molecule has 0 heterocycles. The second-order valence-electron chi connectivity index (χ2n) is 26.2. The average molecular weight is 1340 g/mol. The van der Waals surface area contributed by atoms with Gasteiger partial charge in [0.05, 0.1) is 40.3 Å². The van der Waals surface area contributed by atoms with E-state index in [0.29, 0.717) is 17.4 Å². The first-order chi connectivity index (χ1) is 47.6. The van der Waals surface area contributed by atoms with Crippen LogP contribution >= 0.6 is 0 Å². The number of allylic oxidation sites excluding steroid dienone is 32. The summed E-state index contributed by atoms with van der Waals surface area (Å²) in [6, 6.07) is 0. The summed E-state index contributed by atoms with van der Waals surface area (Å²) >= 11 is 0. The van der Waals surface area contributed by atoms with Crippen molar-refractivity contribution < 1.29 is 42.9 Å². The number of esters is 2. The maximum atomic E-state index is 13.0. The fourth-order valence-corrected chi connectivity index (χ4v) is 10.0. The molecule has 2 atom stereocenters. The van der Waals surface area contributed by atoms with E-state index in [1.54, 1.807) is 0 Å². The number of ether oxygens (including phenoxy) is 4. The van der Waals surface area contributed by atoms with Gasteiger partial charge >= 0.3 is 11.9 Å². The van der Waals surface area contributed by atoms with Gasteiger partial charge in [0.1, 0.15) is 13.2 Å². The van der Waals surface area contributed by atoms with Gasteiger partial charge in [-0.3, -0.25) is 9.59 Å². The Bertz CT molecular complexity index is 2310. The Morgan fingerprint density at radius 1 is 0.309 bits per heavy atom. The predicted octanol–water partition coefficient (Wildman–Crippen LogP) is 23.6. The third-order valence-electron chi connectivity index (χ3n) is 15.8. The number of hydrogen-bond acceptors (Lipinski definition) is 8. The van der Waals surface area contributed by atoms with Crippen molar-refractivity contribution in [2.24, 2.45) is 0 Å². The monoisotopic (exact) mass is 1340 g/mol. The molecule has 0 aromatic heterocycles. The third-order valence-corrected chi connectivity index (χ3v) is 15.8. The zero-order valence-corrected chi connectivity index (χ0v) is 62.4. The number of nitrogens with zero attached hydrogens (tertiary/aromatic N) is 1. The van der Waals surface area contributed by atoms with Crippen molar-refractivity contribution in [1.82, 2.24) is 0 Å². The van der Waals surface area contributed by atoms with Gasteiger partial charge in [-0.2, -0.15) is 0 Å². The predicted molar refractivity (Wildman–Crippen MR) is 416 cm³/mol. The fraction of sp³-hybridized carbons (Fsp3) is 0.602. The SMILES string of the molecule is CC/C=C\C/C=C\C/C=C\C/C=C\C/C=C\C/C=C\C/C=C\C/C=C\CCCCCCCCCCCCCCC(=O)OC(COC(=O)CCCCCCCCCCCC/C=C\C/C=C\C/C=C\C/C=C\C/C=C\C/C=C\C/C=C\C/C=C\CC)COC(OCC[N+](C)(C)C)C(=O)[O-]. The number of carboxylic acid groups (broad SMARTS) is 1. The molecule has 0 aliphatic rings. The van der Waals surface area contributed by atoms with Gasteiger partial charge in [-0.05, 0) is 141 Å². The van der Waals surface area contributed by atoms with E-state index in [2.05, 4.69) is 208 Å². The minimum absolute atomic E-state index is 0.138. The highest BCUT2D eigenvalue weighted by Gasteiger charge is 2.22. The molecule has 0 aromatic rings. The number of likely N-dealkylation sites (N-methyl/N-ethyl adjacent to an activating group) is 1. The molecule has 97 heavy (non-hydrogen) atoms. The Hall–Kier alpha value is -5.87. The smallest absolute Gasteiger partial charge is 0.306 e. The Morgan fingerprint density at radius 2 is 0.557 bits per heavy atom. The number of rotatable bonds is 69. The molecule has 0 aliphatic carbocycles. The molecular weight excluding hydrogens is 1200 g/mol. The first-order valence-corrected chi connectivity index (χ1v) is 38.6. The lowest BCUT2D eigenvalue weighted by atomic mass is 10.0.